The van der Waals surface area contributed by atoms with Crippen molar-refractivity contribution in [2.75, 3.05) is 0 Å². The average Bonchev–Trinajstić information content (AvgIpc) is 2.33. The molecule has 1 N–H and O–H groups in total. The molecule has 0 aliphatic heterocycles. The van der Waals surface area contributed by atoms with E-state index in [2.05, 4.69) is 61.5 Å². The minimum Gasteiger partial charge on any atom is -0.313 e. The summed E-state index contributed by atoms with van der Waals surface area (Å²) in [7, 11) is 0. The third kappa shape index (κ3) is 3.79. The van der Waals surface area contributed by atoms with E-state index in [4.69, 9.17) is 5.41 Å². The van der Waals surface area contributed by atoms with Gasteiger partial charge in [0.15, 0.2) is 0 Å². The zero-order valence-electron chi connectivity index (χ0n) is 15.7. The lowest BCUT2D eigenvalue weighted by molar-refractivity contribution is -0.0994. The van der Waals surface area contributed by atoms with Gasteiger partial charge in [-0.15, -0.1) is 0 Å². The summed E-state index contributed by atoms with van der Waals surface area (Å²) >= 11 is 0. The number of nitrogens with one attached hydrogen (secondary N) is 1. The van der Waals surface area contributed by atoms with E-state index in [1.165, 1.54) is 37.5 Å². The second-order valence-electron chi connectivity index (χ2n) is 9.60. The maximum atomic E-state index is 7.18. The molecule has 0 radical (unpaired) electrons. The Morgan fingerprint density at radius 3 is 1.95 bits per heavy atom. The molecule has 0 spiro atoms. The van der Waals surface area contributed by atoms with Gasteiger partial charge >= 0.3 is 0 Å². The van der Waals surface area contributed by atoms with Gasteiger partial charge in [0.25, 0.3) is 0 Å². The van der Waals surface area contributed by atoms with E-state index < -0.39 is 0 Å². The standard InChI is InChI=1S/C20H37N/c1-16(10-9-13-21)14-19(7)11-12-20(19,8)15-18(5,6)17(2,3)4/h10,13,21H,9,11-12,14-15H2,1-8H3/b16-10+,21-13?. The zero-order valence-corrected chi connectivity index (χ0v) is 15.7. The molecule has 1 rings (SSSR count). The SMILES string of the molecule is C/C(=C\CC=N)CC1(C)CCC1(C)CC(C)(C)C(C)(C)C. The van der Waals surface area contributed by atoms with E-state index in [0.29, 0.717) is 21.7 Å². The molecule has 0 aromatic heterocycles. The Labute approximate surface area is 133 Å². The van der Waals surface area contributed by atoms with Gasteiger partial charge in [-0.3, -0.25) is 0 Å². The fraction of sp³-hybridized carbons (Fsp3) is 0.850. The first kappa shape index (κ1) is 18.5. The average molecular weight is 292 g/mol. The predicted molar refractivity (Wildman–Crippen MR) is 95.1 cm³/mol. The number of hydrogen-bond donors (Lipinski definition) is 1. The molecule has 0 aromatic rings. The molecule has 1 fully saturated rings. The Kier molecular flexibility index (Phi) is 5.18. The third-order valence-corrected chi connectivity index (χ3v) is 6.80. The largest absolute Gasteiger partial charge is 0.313 e. The fourth-order valence-corrected chi connectivity index (χ4v) is 3.77. The lowest BCUT2D eigenvalue weighted by Crippen LogP contribution is -2.51. The molecule has 1 saturated carbocycles. The van der Waals surface area contributed by atoms with Crippen molar-refractivity contribution < 1.29 is 0 Å². The molecule has 0 aromatic carbocycles. The summed E-state index contributed by atoms with van der Waals surface area (Å²) in [5.74, 6) is 0. The maximum Gasteiger partial charge on any atom is 0.000240 e. The first-order chi connectivity index (χ1) is 9.37. The lowest BCUT2D eigenvalue weighted by Gasteiger charge is -2.61. The molecule has 0 saturated heterocycles. The molecule has 0 heterocycles. The monoisotopic (exact) mass is 291 g/mol. The van der Waals surface area contributed by atoms with Crippen molar-refractivity contribution in [1.82, 2.24) is 0 Å². The third-order valence-electron chi connectivity index (χ3n) is 6.80. The second-order valence-corrected chi connectivity index (χ2v) is 9.60. The Hall–Kier alpha value is -0.590. The second kappa shape index (κ2) is 5.89. The number of rotatable bonds is 6. The normalized spacial score (nSPS) is 31.0. The van der Waals surface area contributed by atoms with Crippen LogP contribution in [0.25, 0.3) is 0 Å². The van der Waals surface area contributed by atoms with Crippen LogP contribution in [-0.4, -0.2) is 6.21 Å². The molecule has 21 heavy (non-hydrogen) atoms. The molecule has 1 heteroatoms. The molecule has 1 aliphatic carbocycles. The van der Waals surface area contributed by atoms with Crippen LogP contribution >= 0.6 is 0 Å². The molecule has 0 amide bonds. The summed E-state index contributed by atoms with van der Waals surface area (Å²) in [4.78, 5) is 0. The zero-order chi connectivity index (χ0) is 16.5. The Morgan fingerprint density at radius 1 is 1.05 bits per heavy atom. The number of hydrogen-bond acceptors (Lipinski definition) is 1. The van der Waals surface area contributed by atoms with Crippen LogP contribution in [0.1, 0.15) is 87.5 Å². The van der Waals surface area contributed by atoms with Crippen LogP contribution in [0.3, 0.4) is 0 Å². The summed E-state index contributed by atoms with van der Waals surface area (Å²) in [6.45, 7) is 19.2. The molecule has 0 bridgehead atoms. The van der Waals surface area contributed by atoms with Gasteiger partial charge in [-0.2, -0.15) is 0 Å². The molecule has 1 aliphatic rings. The van der Waals surface area contributed by atoms with Gasteiger partial charge in [-0.1, -0.05) is 60.1 Å². The molecule has 2 unspecified atom stereocenters. The highest BCUT2D eigenvalue weighted by atomic mass is 14.6. The van der Waals surface area contributed by atoms with Gasteiger partial charge in [0.2, 0.25) is 0 Å². The first-order valence-corrected chi connectivity index (χ1v) is 8.52. The molecular formula is C20H37N. The highest BCUT2D eigenvalue weighted by Crippen LogP contribution is 2.65. The molecule has 1 nitrogen and oxygen atoms in total. The van der Waals surface area contributed by atoms with Crippen LogP contribution in [0.15, 0.2) is 11.6 Å². The van der Waals surface area contributed by atoms with E-state index in [9.17, 15) is 0 Å². The topological polar surface area (TPSA) is 23.9 Å². The highest BCUT2D eigenvalue weighted by Gasteiger charge is 2.55. The van der Waals surface area contributed by atoms with Gasteiger partial charge in [0.05, 0.1) is 0 Å². The van der Waals surface area contributed by atoms with E-state index in [0.717, 1.165) is 6.42 Å². The van der Waals surface area contributed by atoms with Crippen molar-refractivity contribution in [3.63, 3.8) is 0 Å². The van der Waals surface area contributed by atoms with Crippen LogP contribution in [0.5, 0.6) is 0 Å². The van der Waals surface area contributed by atoms with Crippen molar-refractivity contribution in [3.8, 4) is 0 Å². The molecule has 2 atom stereocenters. The number of allylic oxidation sites excluding steroid dienone is 2. The Bertz CT molecular complexity index is 410. The van der Waals surface area contributed by atoms with Crippen molar-refractivity contribution in [3.05, 3.63) is 11.6 Å². The van der Waals surface area contributed by atoms with E-state index in [1.807, 2.05) is 0 Å². The van der Waals surface area contributed by atoms with Crippen LogP contribution in [-0.2, 0) is 0 Å². The van der Waals surface area contributed by atoms with Gasteiger partial charge < -0.3 is 5.41 Å². The van der Waals surface area contributed by atoms with Crippen LogP contribution in [0.2, 0.25) is 0 Å². The van der Waals surface area contributed by atoms with Crippen LogP contribution in [0, 0.1) is 27.1 Å². The van der Waals surface area contributed by atoms with E-state index in [1.54, 1.807) is 0 Å². The lowest BCUT2D eigenvalue weighted by atomic mass is 9.44. The summed E-state index contributed by atoms with van der Waals surface area (Å²) in [6.07, 6.45) is 9.71. The van der Waals surface area contributed by atoms with Gasteiger partial charge in [-0.05, 0) is 60.5 Å². The van der Waals surface area contributed by atoms with E-state index in [-0.39, 0.29) is 0 Å². The van der Waals surface area contributed by atoms with Crippen molar-refractivity contribution >= 4 is 6.21 Å². The smallest absolute Gasteiger partial charge is 0.000240 e. The summed E-state index contributed by atoms with van der Waals surface area (Å²) in [5, 5.41) is 7.18. The fourth-order valence-electron chi connectivity index (χ4n) is 3.77. The first-order valence-electron chi connectivity index (χ1n) is 8.52. The molecule has 122 valence electrons. The van der Waals surface area contributed by atoms with Gasteiger partial charge in [-0.25, -0.2) is 0 Å². The highest BCUT2D eigenvalue weighted by molar-refractivity contribution is 5.55. The minimum absolute atomic E-state index is 0.345. The maximum absolute atomic E-state index is 7.18. The van der Waals surface area contributed by atoms with Crippen molar-refractivity contribution in [2.24, 2.45) is 21.7 Å². The molecular weight excluding hydrogens is 254 g/mol. The van der Waals surface area contributed by atoms with Crippen molar-refractivity contribution in [1.29, 1.82) is 5.41 Å². The van der Waals surface area contributed by atoms with Crippen LogP contribution < -0.4 is 0 Å². The van der Waals surface area contributed by atoms with Crippen LogP contribution in [0.4, 0.5) is 0 Å². The Balaban J connectivity index is 2.85. The predicted octanol–water partition coefficient (Wildman–Crippen LogP) is 6.63. The van der Waals surface area contributed by atoms with Crippen molar-refractivity contribution in [2.45, 2.75) is 87.5 Å². The quantitative estimate of drug-likeness (QED) is 0.419. The van der Waals surface area contributed by atoms with E-state index >= 15 is 0 Å². The van der Waals surface area contributed by atoms with Gasteiger partial charge in [0.1, 0.15) is 0 Å². The minimum atomic E-state index is 0.345. The summed E-state index contributed by atoms with van der Waals surface area (Å²) in [5.41, 5.74) is 3.04. The van der Waals surface area contributed by atoms with Gasteiger partial charge in [0, 0.05) is 6.42 Å². The summed E-state index contributed by atoms with van der Waals surface area (Å²) in [6, 6.07) is 0. The Morgan fingerprint density at radius 2 is 1.57 bits per heavy atom. The summed E-state index contributed by atoms with van der Waals surface area (Å²) < 4.78 is 0.